The SMILES string of the molecule is COc1ncnc(OC)c1CON=Cc1cc(C(F)(F)F)cc(C)n1. The summed E-state index contributed by atoms with van der Waals surface area (Å²) in [6.07, 6.45) is -2.11. The Morgan fingerprint density at radius 1 is 1.12 bits per heavy atom. The van der Waals surface area contributed by atoms with Crippen LogP contribution in [-0.2, 0) is 17.6 Å². The fourth-order valence-corrected chi connectivity index (χ4v) is 1.97. The zero-order chi connectivity index (χ0) is 18.4. The molecule has 0 aliphatic heterocycles. The van der Waals surface area contributed by atoms with E-state index in [1.807, 2.05) is 0 Å². The average molecular weight is 356 g/mol. The first kappa shape index (κ1) is 18.4. The Balaban J connectivity index is 2.12. The number of ether oxygens (including phenoxy) is 2. The monoisotopic (exact) mass is 356 g/mol. The van der Waals surface area contributed by atoms with Gasteiger partial charge in [-0.05, 0) is 19.1 Å². The summed E-state index contributed by atoms with van der Waals surface area (Å²) < 4.78 is 48.5. The molecule has 2 rings (SSSR count). The van der Waals surface area contributed by atoms with E-state index in [2.05, 4.69) is 20.1 Å². The average Bonchev–Trinajstić information content (AvgIpc) is 2.57. The van der Waals surface area contributed by atoms with Gasteiger partial charge in [-0.3, -0.25) is 4.98 Å². The first-order valence-electron chi connectivity index (χ1n) is 6.98. The van der Waals surface area contributed by atoms with E-state index in [0.717, 1.165) is 18.3 Å². The van der Waals surface area contributed by atoms with Gasteiger partial charge in [0.15, 0.2) is 6.61 Å². The maximum Gasteiger partial charge on any atom is 0.416 e. The van der Waals surface area contributed by atoms with Crippen LogP contribution in [0.3, 0.4) is 0 Å². The molecular formula is C15H15F3N4O3. The predicted octanol–water partition coefficient (Wildman–Crippen LogP) is 2.77. The Morgan fingerprint density at radius 3 is 2.32 bits per heavy atom. The molecule has 0 saturated carbocycles. The van der Waals surface area contributed by atoms with Gasteiger partial charge >= 0.3 is 6.18 Å². The minimum Gasteiger partial charge on any atom is -0.481 e. The van der Waals surface area contributed by atoms with Crippen LogP contribution in [0, 0.1) is 6.92 Å². The lowest BCUT2D eigenvalue weighted by Gasteiger charge is -2.09. The maximum absolute atomic E-state index is 12.8. The molecule has 10 heteroatoms. The van der Waals surface area contributed by atoms with E-state index >= 15 is 0 Å². The van der Waals surface area contributed by atoms with Gasteiger partial charge in [0, 0.05) is 5.69 Å². The molecule has 0 aliphatic rings. The molecule has 7 nitrogen and oxygen atoms in total. The number of methoxy groups -OCH3 is 2. The van der Waals surface area contributed by atoms with Crippen LogP contribution in [0.2, 0.25) is 0 Å². The highest BCUT2D eigenvalue weighted by Crippen LogP contribution is 2.29. The molecule has 2 aromatic rings. The van der Waals surface area contributed by atoms with Crippen LogP contribution in [0.1, 0.15) is 22.5 Å². The fraction of sp³-hybridized carbons (Fsp3) is 0.333. The van der Waals surface area contributed by atoms with Gasteiger partial charge in [0.2, 0.25) is 11.8 Å². The van der Waals surface area contributed by atoms with Crippen molar-refractivity contribution in [3.05, 3.63) is 41.0 Å². The second kappa shape index (κ2) is 7.77. The highest BCUT2D eigenvalue weighted by atomic mass is 19.4. The molecule has 0 spiro atoms. The number of aromatic nitrogens is 3. The van der Waals surface area contributed by atoms with Crippen molar-refractivity contribution < 1.29 is 27.5 Å². The quantitative estimate of drug-likeness (QED) is 0.585. The van der Waals surface area contributed by atoms with Crippen LogP contribution in [0.5, 0.6) is 11.8 Å². The summed E-state index contributed by atoms with van der Waals surface area (Å²) in [7, 11) is 2.84. The first-order chi connectivity index (χ1) is 11.8. The highest BCUT2D eigenvalue weighted by molar-refractivity contribution is 5.76. The third-order valence-corrected chi connectivity index (χ3v) is 3.02. The van der Waals surface area contributed by atoms with Gasteiger partial charge < -0.3 is 14.3 Å². The number of nitrogens with zero attached hydrogens (tertiary/aromatic N) is 4. The number of rotatable bonds is 6. The summed E-state index contributed by atoms with van der Waals surface area (Å²) in [6, 6.07) is 1.84. The molecule has 0 amide bonds. The molecule has 0 saturated heterocycles. The minimum atomic E-state index is -4.46. The smallest absolute Gasteiger partial charge is 0.416 e. The zero-order valence-corrected chi connectivity index (χ0v) is 13.7. The molecule has 0 bridgehead atoms. The van der Waals surface area contributed by atoms with Crippen LogP contribution in [-0.4, -0.2) is 35.4 Å². The van der Waals surface area contributed by atoms with Gasteiger partial charge in [-0.15, -0.1) is 0 Å². The van der Waals surface area contributed by atoms with E-state index < -0.39 is 11.7 Å². The molecule has 0 aliphatic carbocycles. The van der Waals surface area contributed by atoms with Crippen LogP contribution >= 0.6 is 0 Å². The summed E-state index contributed by atoms with van der Waals surface area (Å²) in [5.74, 6) is 0.491. The van der Waals surface area contributed by atoms with Crippen LogP contribution < -0.4 is 9.47 Å². The summed E-state index contributed by atoms with van der Waals surface area (Å²) >= 11 is 0. The van der Waals surface area contributed by atoms with Crippen LogP contribution in [0.15, 0.2) is 23.6 Å². The first-order valence-corrected chi connectivity index (χ1v) is 6.98. The molecule has 0 radical (unpaired) electrons. The summed E-state index contributed by atoms with van der Waals surface area (Å²) in [5.41, 5.74) is -0.147. The van der Waals surface area contributed by atoms with Crippen molar-refractivity contribution >= 4 is 6.21 Å². The summed E-state index contributed by atoms with van der Waals surface area (Å²) in [5, 5.41) is 3.63. The van der Waals surface area contributed by atoms with Gasteiger partial charge in [-0.1, -0.05) is 5.16 Å². The van der Waals surface area contributed by atoms with Crippen LogP contribution in [0.4, 0.5) is 13.2 Å². The number of halogens is 3. The van der Waals surface area contributed by atoms with Gasteiger partial charge in [0.05, 0.1) is 31.7 Å². The number of hydrogen-bond acceptors (Lipinski definition) is 7. The number of pyridine rings is 1. The predicted molar refractivity (Wildman–Crippen MR) is 81.5 cm³/mol. The van der Waals surface area contributed by atoms with Gasteiger partial charge in [0.1, 0.15) is 11.9 Å². The molecule has 2 aromatic heterocycles. The second-order valence-corrected chi connectivity index (χ2v) is 4.80. The fourth-order valence-electron chi connectivity index (χ4n) is 1.97. The maximum atomic E-state index is 12.8. The number of aryl methyl sites for hydroxylation is 1. The van der Waals surface area contributed by atoms with E-state index in [-0.39, 0.29) is 29.8 Å². The Labute approximate surface area is 141 Å². The van der Waals surface area contributed by atoms with Gasteiger partial charge in [-0.2, -0.15) is 13.2 Å². The Morgan fingerprint density at radius 2 is 1.76 bits per heavy atom. The van der Waals surface area contributed by atoms with E-state index in [1.54, 1.807) is 0 Å². The standard InChI is InChI=1S/C15H15F3N4O3/c1-9-4-10(15(16,17)18)5-11(22-9)6-21-25-7-12-13(23-2)19-8-20-14(12)24-3/h4-6,8H,7H2,1-3H3. The summed E-state index contributed by atoms with van der Waals surface area (Å²) in [4.78, 5) is 16.9. The molecule has 0 fully saturated rings. The molecule has 134 valence electrons. The molecule has 2 heterocycles. The Hall–Kier alpha value is -2.91. The second-order valence-electron chi connectivity index (χ2n) is 4.80. The van der Waals surface area contributed by atoms with Crippen molar-refractivity contribution in [3.8, 4) is 11.8 Å². The lowest BCUT2D eigenvalue weighted by atomic mass is 10.2. The van der Waals surface area contributed by atoms with Crippen LogP contribution in [0.25, 0.3) is 0 Å². The number of hydrogen-bond donors (Lipinski definition) is 0. The van der Waals surface area contributed by atoms with Gasteiger partial charge in [-0.25, -0.2) is 9.97 Å². The third kappa shape index (κ3) is 4.78. The lowest BCUT2D eigenvalue weighted by molar-refractivity contribution is -0.137. The van der Waals surface area contributed by atoms with Crippen molar-refractivity contribution in [2.45, 2.75) is 19.7 Å². The minimum absolute atomic E-state index is 0.0237. The summed E-state index contributed by atoms with van der Waals surface area (Å²) in [6.45, 7) is 1.37. The molecule has 0 N–H and O–H groups in total. The van der Waals surface area contributed by atoms with E-state index in [9.17, 15) is 13.2 Å². The molecule has 0 unspecified atom stereocenters. The molecule has 0 aromatic carbocycles. The van der Waals surface area contributed by atoms with E-state index in [4.69, 9.17) is 14.3 Å². The van der Waals surface area contributed by atoms with Crippen molar-refractivity contribution in [1.29, 1.82) is 0 Å². The molecule has 0 atom stereocenters. The van der Waals surface area contributed by atoms with E-state index in [0.29, 0.717) is 5.56 Å². The normalized spacial score (nSPS) is 11.6. The van der Waals surface area contributed by atoms with Crippen molar-refractivity contribution in [3.63, 3.8) is 0 Å². The van der Waals surface area contributed by atoms with Gasteiger partial charge in [0.25, 0.3) is 0 Å². The van der Waals surface area contributed by atoms with Crippen molar-refractivity contribution in [2.24, 2.45) is 5.16 Å². The zero-order valence-electron chi connectivity index (χ0n) is 13.7. The Bertz CT molecular complexity index is 744. The van der Waals surface area contributed by atoms with E-state index in [1.165, 1.54) is 27.5 Å². The number of alkyl halides is 3. The topological polar surface area (TPSA) is 78.7 Å². The Kier molecular flexibility index (Phi) is 5.73. The molecule has 25 heavy (non-hydrogen) atoms. The third-order valence-electron chi connectivity index (χ3n) is 3.02. The lowest BCUT2D eigenvalue weighted by Crippen LogP contribution is -2.07. The van der Waals surface area contributed by atoms with Crippen molar-refractivity contribution in [1.82, 2.24) is 15.0 Å². The highest BCUT2D eigenvalue weighted by Gasteiger charge is 2.31. The molecular weight excluding hydrogens is 341 g/mol. The van der Waals surface area contributed by atoms with Crippen molar-refractivity contribution in [2.75, 3.05) is 14.2 Å². The number of oxime groups is 1. The largest absolute Gasteiger partial charge is 0.481 e.